The van der Waals surface area contributed by atoms with E-state index in [1.807, 2.05) is 30.3 Å². The monoisotopic (exact) mass is 1810 g/mol. The number of rotatable bonds is 8. The highest BCUT2D eigenvalue weighted by Crippen LogP contribution is 2.31. The van der Waals surface area contributed by atoms with Crippen LogP contribution < -0.4 is 15.6 Å². The van der Waals surface area contributed by atoms with E-state index in [0.29, 0.717) is 30.1 Å². The number of carbonyl (C=O) groups excluding carboxylic acids is 4. The topological polar surface area (TPSA) is 311 Å². The van der Waals surface area contributed by atoms with E-state index in [1.54, 1.807) is 128 Å². The Labute approximate surface area is 692 Å². The Morgan fingerprint density at radius 2 is 0.944 bits per heavy atom. The van der Waals surface area contributed by atoms with E-state index < -0.39 is 72.5 Å². The molecule has 0 unspecified atom stereocenters. The predicted octanol–water partition coefficient (Wildman–Crippen LogP) is 22.2. The van der Waals surface area contributed by atoms with Crippen LogP contribution in [0.3, 0.4) is 0 Å². The second-order valence-electron chi connectivity index (χ2n) is 25.5. The number of aromatic carboxylic acids is 1. The number of hydrogen-bond donors (Lipinski definition) is 4. The number of H-pyrrole nitrogens is 2. The normalized spacial score (nSPS) is 11.3. The maximum absolute atomic E-state index is 12.3. The standard InChI is InChI=1S/C17H18ClNO3.C10H11BrClNO3.C10H11Cl2NO2.C10H12ClNO3.C6H10Cl3NO.C6H3Cl2NO2.C5H3Cl2N.C4H8O.CH3BF.F2/c1-17(2,3)22-16(20)14-13(9-10-19-15(14)18)21-11-12-7-5-4-6-8-12;1-10(2,3)16-9(15)6-7(14)5(11)4-13-8(6)12;1-10(2,3)15-9(14)7-6(11)4-5-13-8(7)12;1-10(2,3)15-9(14)7-6(13)4-5-12-8(7)11;1-5(2,3)11-4(10)6(7,8)9;7-3-1-2-9-5(8)4(3)6(10)11;6-4-1-2-8-5(7)3-4;1-2-4-5-3-1;1-2-3;1-2/h4-10H,11H2,1-3H3;4H,1-3H3,(H,13,14);4-5H,1-3H3;4-5H,1-3H3,(H,12,13);10H,1-3H3;1-2H,(H,10,11);1-3H;1-4H2;1H3;. The molecule has 39 heteroatoms. The highest BCUT2D eigenvalue weighted by molar-refractivity contribution is 9.10. The van der Waals surface area contributed by atoms with Gasteiger partial charge in [-0.2, -0.15) is 0 Å². The Morgan fingerprint density at radius 3 is 1.30 bits per heavy atom. The summed E-state index contributed by atoms with van der Waals surface area (Å²) in [5.74, 6) is -3.73. The summed E-state index contributed by atoms with van der Waals surface area (Å²) in [4.78, 5) is 101. The number of nitrogens with zero attached hydrogens (tertiary/aromatic N) is 4. The van der Waals surface area contributed by atoms with Gasteiger partial charge in [0.05, 0.1) is 14.5 Å². The van der Waals surface area contributed by atoms with E-state index in [0.717, 1.165) is 18.8 Å². The highest BCUT2D eigenvalue weighted by atomic mass is 79.9. The van der Waals surface area contributed by atoms with Gasteiger partial charge in [0.25, 0.3) is 3.79 Å². The first-order valence-electron chi connectivity index (χ1n) is 30.9. The number of ether oxygens (including phenoxy) is 7. The SMILES string of the molecule is C1CCOC1.CC(C)(C)OC(=N)C(Cl)(Cl)Cl.CC(C)(C)OC(=O)c1c(Cl)[nH]cc(Br)c1=O.CC(C)(C)OC(=O)c1c(Cl)[nH]ccc1=O.CC(C)(C)OC(=O)c1c(Cl)ccnc1Cl.CC(C)(C)OC(=O)c1c(OCc2ccccc2)ccnc1Cl.C[B]F.Clc1ccnc(Cl)c1.FF.O=C(O)c1c(Cl)ccnc1Cl. The Kier molecular flexibility index (Phi) is 49.1. The molecule has 0 bridgehead atoms. The molecular weight excluding hydrogens is 1740 g/mol. The van der Waals surface area contributed by atoms with Crippen molar-refractivity contribution in [3.63, 3.8) is 0 Å². The number of carbonyl (C=O) groups is 5. The van der Waals surface area contributed by atoms with Gasteiger partial charge in [0.15, 0.2) is 5.43 Å². The van der Waals surface area contributed by atoms with Crippen LogP contribution in [0.4, 0.5) is 13.5 Å². The number of nitrogens with one attached hydrogen (secondary N) is 3. The molecule has 8 rings (SSSR count). The number of carboxylic acids is 1. The summed E-state index contributed by atoms with van der Waals surface area (Å²) in [7, 11) is 0.500. The van der Waals surface area contributed by atoms with Gasteiger partial charge in [-0.3, -0.25) is 15.0 Å². The molecular formula is C69H79BBrCl12F3N7O15. The Bertz CT molecular complexity index is 4060. The molecule has 1 saturated heterocycles. The van der Waals surface area contributed by atoms with Gasteiger partial charge < -0.3 is 52.5 Å². The van der Waals surface area contributed by atoms with E-state index in [9.17, 15) is 37.9 Å². The van der Waals surface area contributed by atoms with Crippen molar-refractivity contribution in [2.45, 2.75) is 162 Å². The van der Waals surface area contributed by atoms with Crippen LogP contribution in [-0.4, -0.2) is 123 Å². The minimum atomic E-state index is -1.76. The first-order valence-corrected chi connectivity index (χ1v) is 36.2. The molecule has 0 saturated carbocycles. The molecule has 595 valence electrons. The van der Waals surface area contributed by atoms with Crippen LogP contribution in [0.2, 0.25) is 52.8 Å². The van der Waals surface area contributed by atoms with Gasteiger partial charge in [-0.05, 0) is 169 Å². The number of benzene rings is 1. The summed E-state index contributed by atoms with van der Waals surface area (Å²) >= 11 is 70.1. The molecule has 22 nitrogen and oxygen atoms in total. The molecule has 0 spiro atoms. The largest absolute Gasteiger partial charge is 0.488 e. The molecule has 7 aromatic rings. The average molecular weight is 1820 g/mol. The number of aromatic amines is 2. The summed E-state index contributed by atoms with van der Waals surface area (Å²) in [6.07, 6.45) is 11.1. The zero-order valence-corrected chi connectivity index (χ0v) is 71.6. The molecule has 0 amide bonds. The van der Waals surface area contributed by atoms with Gasteiger partial charge in [-0.25, -0.2) is 43.9 Å². The summed E-state index contributed by atoms with van der Waals surface area (Å²) in [5, 5.41) is 17.1. The third-order valence-corrected chi connectivity index (χ3v) is 14.2. The summed E-state index contributed by atoms with van der Waals surface area (Å²) < 4.78 is 60.9. The lowest BCUT2D eigenvalue weighted by Gasteiger charge is -2.24. The number of esters is 4. The van der Waals surface area contributed by atoms with Gasteiger partial charge in [0.2, 0.25) is 11.3 Å². The summed E-state index contributed by atoms with van der Waals surface area (Å²) in [6, 6.07) is 18.6. The van der Waals surface area contributed by atoms with E-state index in [1.165, 1.54) is 68.8 Å². The van der Waals surface area contributed by atoms with Crippen LogP contribution in [0, 0.1) is 5.41 Å². The lowest BCUT2D eigenvalue weighted by Crippen LogP contribution is -2.31. The molecule has 4 N–H and O–H groups in total. The number of aromatic nitrogens is 6. The highest BCUT2D eigenvalue weighted by Gasteiger charge is 2.32. The molecule has 6 aromatic heterocycles. The van der Waals surface area contributed by atoms with Gasteiger partial charge in [0, 0.05) is 70.6 Å². The van der Waals surface area contributed by atoms with E-state index in [-0.39, 0.29) is 74.0 Å². The Balaban J connectivity index is 0. The Hall–Kier alpha value is -5.89. The molecule has 0 aliphatic carbocycles. The van der Waals surface area contributed by atoms with Crippen LogP contribution >= 0.6 is 155 Å². The first-order chi connectivity index (χ1) is 49.7. The molecule has 1 fully saturated rings. The number of alkyl halides is 3. The molecule has 7 heterocycles. The first kappa shape index (κ1) is 104. The van der Waals surface area contributed by atoms with Gasteiger partial charge in [-0.15, -0.1) is 0 Å². The molecule has 108 heavy (non-hydrogen) atoms. The smallest absolute Gasteiger partial charge is 0.351 e. The fourth-order valence-corrected chi connectivity index (χ4v) is 9.06. The van der Waals surface area contributed by atoms with Crippen molar-refractivity contribution < 1.29 is 75.7 Å². The van der Waals surface area contributed by atoms with Crippen LogP contribution in [0.1, 0.15) is 174 Å². The third kappa shape index (κ3) is 46.1. The second-order valence-corrected chi connectivity index (χ2v) is 32.1. The van der Waals surface area contributed by atoms with Crippen molar-refractivity contribution in [1.29, 1.82) is 5.41 Å². The fraction of sp³-hybridized carbons (Fsp3) is 0.391. The lowest BCUT2D eigenvalue weighted by molar-refractivity contribution is 0.00530. The maximum atomic E-state index is 12.3. The van der Waals surface area contributed by atoms with Gasteiger partial charge in [-0.1, -0.05) is 176 Å². The number of hydrogen-bond acceptors (Lipinski definition) is 19. The number of halogens is 16. The van der Waals surface area contributed by atoms with Crippen molar-refractivity contribution in [2.75, 3.05) is 13.2 Å². The van der Waals surface area contributed by atoms with E-state index in [2.05, 4.69) is 45.8 Å². The molecule has 1 radical (unpaired) electrons. The second kappa shape index (κ2) is 50.9. The van der Waals surface area contributed by atoms with E-state index >= 15 is 0 Å². The fourth-order valence-electron chi connectivity index (χ4n) is 6.54. The maximum Gasteiger partial charge on any atom is 0.351 e. The van der Waals surface area contributed by atoms with Gasteiger partial charge in [0.1, 0.15) is 99.1 Å². The summed E-state index contributed by atoms with van der Waals surface area (Å²) in [5.41, 5.74) is -3.22. The Morgan fingerprint density at radius 1 is 0.556 bits per heavy atom. The molecule has 0 atom stereocenters. The zero-order chi connectivity index (χ0) is 83.9. The lowest BCUT2D eigenvalue weighted by atomic mass is 10.2. The van der Waals surface area contributed by atoms with Crippen molar-refractivity contribution >= 4 is 198 Å². The van der Waals surface area contributed by atoms with Crippen molar-refractivity contribution in [2.24, 2.45) is 0 Å². The van der Waals surface area contributed by atoms with Gasteiger partial charge >= 0.3 is 37.4 Å². The van der Waals surface area contributed by atoms with Crippen molar-refractivity contribution in [3.05, 3.63) is 208 Å². The summed E-state index contributed by atoms with van der Waals surface area (Å²) in [6.45, 7) is 30.0. The zero-order valence-electron chi connectivity index (χ0n) is 60.9. The van der Waals surface area contributed by atoms with Crippen molar-refractivity contribution in [1.82, 2.24) is 29.9 Å². The quantitative estimate of drug-likeness (QED) is 0.0209. The third-order valence-electron chi connectivity index (χ3n) is 10.5. The minimum absolute atomic E-state index is 0.00301. The van der Waals surface area contributed by atoms with Crippen LogP contribution in [0.5, 0.6) is 5.75 Å². The predicted molar refractivity (Wildman–Crippen MR) is 426 cm³/mol. The molecule has 1 aliphatic heterocycles. The van der Waals surface area contributed by atoms with Crippen LogP contribution in [0.15, 0.2) is 118 Å². The van der Waals surface area contributed by atoms with Crippen LogP contribution in [0.25, 0.3) is 0 Å². The van der Waals surface area contributed by atoms with Crippen LogP contribution in [-0.2, 0) is 35.0 Å². The molecule has 1 aliphatic rings. The van der Waals surface area contributed by atoms with E-state index in [4.69, 9.17) is 192 Å². The molecule has 1 aromatic carbocycles. The van der Waals surface area contributed by atoms with Crippen molar-refractivity contribution in [3.8, 4) is 5.75 Å². The average Bonchev–Trinajstić information content (AvgIpc) is 1.27. The number of carboxylic acid groups (broad SMARTS) is 1. The number of pyridine rings is 6. The minimum Gasteiger partial charge on any atom is -0.488 e.